The lowest BCUT2D eigenvalue weighted by atomic mass is 9.92. The second kappa shape index (κ2) is 4.79. The van der Waals surface area contributed by atoms with Gasteiger partial charge in [0.25, 0.3) is 0 Å². The Morgan fingerprint density at radius 2 is 2.00 bits per heavy atom. The molecule has 0 nitrogen and oxygen atoms in total. The summed E-state index contributed by atoms with van der Waals surface area (Å²) < 4.78 is 1.13. The summed E-state index contributed by atoms with van der Waals surface area (Å²) in [6.45, 7) is 6.74. The van der Waals surface area contributed by atoms with Gasteiger partial charge in [-0.2, -0.15) is 0 Å². The van der Waals surface area contributed by atoms with Crippen LogP contribution in [0.1, 0.15) is 32.8 Å². The van der Waals surface area contributed by atoms with Crippen molar-refractivity contribution >= 4 is 22.0 Å². The molecule has 0 unspecified atom stereocenters. The Hall–Kier alpha value is -0.560. The number of halogens is 1. The molecule has 1 aromatic rings. The molecule has 14 heavy (non-hydrogen) atoms. The summed E-state index contributed by atoms with van der Waals surface area (Å²) in [6, 6.07) is 8.34. The summed E-state index contributed by atoms with van der Waals surface area (Å²) in [4.78, 5) is 0. The van der Waals surface area contributed by atoms with E-state index in [0.29, 0.717) is 5.41 Å². The summed E-state index contributed by atoms with van der Waals surface area (Å²) in [7, 11) is 0. The summed E-state index contributed by atoms with van der Waals surface area (Å²) in [6.07, 6.45) is 5.53. The quantitative estimate of drug-likeness (QED) is 0.703. The molecule has 0 aromatic heterocycles. The molecule has 1 heteroatoms. The van der Waals surface area contributed by atoms with Crippen LogP contribution >= 0.6 is 15.9 Å². The molecule has 0 radical (unpaired) electrons. The zero-order valence-electron chi connectivity index (χ0n) is 9.05. The topological polar surface area (TPSA) is 0 Å². The predicted molar refractivity (Wildman–Crippen MR) is 67.2 cm³/mol. The fourth-order valence-electron chi connectivity index (χ4n) is 1.16. The molecule has 0 fully saturated rings. The Balaban J connectivity index is 2.61. The van der Waals surface area contributed by atoms with Gasteiger partial charge in [-0.3, -0.25) is 0 Å². The highest BCUT2D eigenvalue weighted by molar-refractivity contribution is 9.10. The van der Waals surface area contributed by atoms with Crippen molar-refractivity contribution in [1.29, 1.82) is 0 Å². The molecule has 76 valence electrons. The van der Waals surface area contributed by atoms with E-state index in [2.05, 4.69) is 67.1 Å². The van der Waals surface area contributed by atoms with Gasteiger partial charge in [-0.1, -0.05) is 61.0 Å². The summed E-state index contributed by atoms with van der Waals surface area (Å²) in [5.74, 6) is 0. The highest BCUT2D eigenvalue weighted by Crippen LogP contribution is 2.20. The van der Waals surface area contributed by atoms with Gasteiger partial charge in [-0.25, -0.2) is 0 Å². The standard InChI is InChI=1S/C13H17Br/c1-13(2,3)9-5-7-11-6-4-8-12(14)10-11/h4-8,10H,9H2,1-3H3/b7-5+. The van der Waals surface area contributed by atoms with Crippen LogP contribution < -0.4 is 0 Å². The first kappa shape index (κ1) is 11.5. The van der Waals surface area contributed by atoms with Crippen LogP contribution in [0.3, 0.4) is 0 Å². The van der Waals surface area contributed by atoms with Gasteiger partial charge in [0.1, 0.15) is 0 Å². The van der Waals surface area contributed by atoms with E-state index in [1.54, 1.807) is 0 Å². The smallest absolute Gasteiger partial charge is 0.0181 e. The lowest BCUT2D eigenvalue weighted by Gasteiger charge is -2.14. The van der Waals surface area contributed by atoms with Crippen LogP contribution in [0.2, 0.25) is 0 Å². The van der Waals surface area contributed by atoms with Gasteiger partial charge in [0.2, 0.25) is 0 Å². The largest absolute Gasteiger partial charge is 0.0834 e. The van der Waals surface area contributed by atoms with Crippen molar-refractivity contribution in [2.24, 2.45) is 5.41 Å². The molecule has 0 bridgehead atoms. The highest BCUT2D eigenvalue weighted by Gasteiger charge is 2.06. The van der Waals surface area contributed by atoms with E-state index in [9.17, 15) is 0 Å². The van der Waals surface area contributed by atoms with Crippen LogP contribution in [0.25, 0.3) is 6.08 Å². The second-order valence-electron chi connectivity index (χ2n) is 4.72. The first-order chi connectivity index (χ1) is 6.47. The van der Waals surface area contributed by atoms with E-state index in [1.807, 2.05) is 6.07 Å². The molecule has 1 aromatic carbocycles. The average Bonchev–Trinajstić information content (AvgIpc) is 2.01. The molecule has 0 aliphatic carbocycles. The number of hydrogen-bond acceptors (Lipinski definition) is 0. The minimum atomic E-state index is 0.377. The van der Waals surface area contributed by atoms with Crippen molar-refractivity contribution < 1.29 is 0 Å². The molecular formula is C13H17Br. The normalized spacial score (nSPS) is 12.3. The third kappa shape index (κ3) is 4.61. The predicted octanol–water partition coefficient (Wildman–Crippen LogP) is 4.90. The van der Waals surface area contributed by atoms with Crippen LogP contribution in [0, 0.1) is 5.41 Å². The summed E-state index contributed by atoms with van der Waals surface area (Å²) in [5.41, 5.74) is 1.63. The first-order valence-electron chi connectivity index (χ1n) is 4.89. The van der Waals surface area contributed by atoms with Crippen molar-refractivity contribution in [3.8, 4) is 0 Å². The van der Waals surface area contributed by atoms with Crippen molar-refractivity contribution in [3.63, 3.8) is 0 Å². The highest BCUT2D eigenvalue weighted by atomic mass is 79.9. The van der Waals surface area contributed by atoms with Crippen molar-refractivity contribution in [2.75, 3.05) is 0 Å². The maximum absolute atomic E-state index is 3.46. The minimum absolute atomic E-state index is 0.377. The van der Waals surface area contributed by atoms with Gasteiger partial charge in [0.05, 0.1) is 0 Å². The van der Waals surface area contributed by atoms with Crippen molar-refractivity contribution in [3.05, 3.63) is 40.4 Å². The zero-order valence-corrected chi connectivity index (χ0v) is 10.6. The van der Waals surface area contributed by atoms with Crippen LogP contribution in [-0.2, 0) is 0 Å². The first-order valence-corrected chi connectivity index (χ1v) is 5.69. The Kier molecular flexibility index (Phi) is 3.94. The van der Waals surface area contributed by atoms with Gasteiger partial charge in [0.15, 0.2) is 0 Å². The molecule has 0 N–H and O–H groups in total. The summed E-state index contributed by atoms with van der Waals surface area (Å²) in [5, 5.41) is 0. The molecular weight excluding hydrogens is 236 g/mol. The fraction of sp³-hybridized carbons (Fsp3) is 0.385. The van der Waals surface area contributed by atoms with E-state index in [1.165, 1.54) is 5.56 Å². The molecule has 0 atom stereocenters. The van der Waals surface area contributed by atoms with Gasteiger partial charge >= 0.3 is 0 Å². The average molecular weight is 253 g/mol. The molecule has 0 aliphatic rings. The van der Waals surface area contributed by atoms with Gasteiger partial charge < -0.3 is 0 Å². The number of benzene rings is 1. The van der Waals surface area contributed by atoms with E-state index < -0.39 is 0 Å². The summed E-state index contributed by atoms with van der Waals surface area (Å²) >= 11 is 3.46. The third-order valence-corrected chi connectivity index (χ3v) is 2.38. The lowest BCUT2D eigenvalue weighted by Crippen LogP contribution is -2.01. The SMILES string of the molecule is CC(C)(C)C/C=C/c1cccc(Br)c1. The second-order valence-corrected chi connectivity index (χ2v) is 5.64. The van der Waals surface area contributed by atoms with Crippen molar-refractivity contribution in [2.45, 2.75) is 27.2 Å². The Bertz CT molecular complexity index is 318. The van der Waals surface area contributed by atoms with Gasteiger partial charge in [0, 0.05) is 4.47 Å². The third-order valence-electron chi connectivity index (χ3n) is 1.89. The fourth-order valence-corrected chi connectivity index (χ4v) is 1.58. The monoisotopic (exact) mass is 252 g/mol. The maximum Gasteiger partial charge on any atom is 0.0181 e. The number of allylic oxidation sites excluding steroid dienone is 1. The van der Waals surface area contributed by atoms with Gasteiger partial charge in [-0.15, -0.1) is 0 Å². The maximum atomic E-state index is 3.46. The van der Waals surface area contributed by atoms with Crippen LogP contribution in [0.5, 0.6) is 0 Å². The zero-order chi connectivity index (χ0) is 10.6. The molecule has 0 aliphatic heterocycles. The Labute approximate surface area is 95.2 Å². The van der Waals surface area contributed by atoms with Crippen LogP contribution in [0.4, 0.5) is 0 Å². The van der Waals surface area contributed by atoms with Crippen LogP contribution in [-0.4, -0.2) is 0 Å². The molecule has 0 heterocycles. The van der Waals surface area contributed by atoms with Crippen molar-refractivity contribution in [1.82, 2.24) is 0 Å². The minimum Gasteiger partial charge on any atom is -0.0834 e. The molecule has 0 saturated heterocycles. The van der Waals surface area contributed by atoms with E-state index in [4.69, 9.17) is 0 Å². The molecule has 1 rings (SSSR count). The molecule has 0 saturated carbocycles. The van der Waals surface area contributed by atoms with E-state index in [-0.39, 0.29) is 0 Å². The van der Waals surface area contributed by atoms with Crippen LogP contribution in [0.15, 0.2) is 34.8 Å². The molecule has 0 amide bonds. The van der Waals surface area contributed by atoms with E-state index in [0.717, 1.165) is 10.9 Å². The lowest BCUT2D eigenvalue weighted by molar-refractivity contribution is 0.421. The van der Waals surface area contributed by atoms with Gasteiger partial charge in [-0.05, 0) is 29.5 Å². The Morgan fingerprint density at radius 1 is 1.29 bits per heavy atom. The molecule has 0 spiro atoms. The van der Waals surface area contributed by atoms with E-state index >= 15 is 0 Å². The Morgan fingerprint density at radius 3 is 2.57 bits per heavy atom. The number of rotatable bonds is 2. The number of hydrogen-bond donors (Lipinski definition) is 0.